The van der Waals surface area contributed by atoms with Gasteiger partial charge >= 0.3 is 0 Å². The lowest BCUT2D eigenvalue weighted by Crippen LogP contribution is -2.34. The standard InChI is InChI=1S/C11H15NO3.ClH/c1-14-10-4-2-3-9(13)11(10)8-7-15-6-5-12-8;/h2-4,8,12-13H,5-7H2,1H3;1H/t8-;/m1./s1. The highest BCUT2D eigenvalue weighted by Crippen LogP contribution is 2.33. The van der Waals surface area contributed by atoms with Crippen LogP contribution in [0.2, 0.25) is 0 Å². The van der Waals surface area contributed by atoms with E-state index in [2.05, 4.69) is 5.32 Å². The normalized spacial score (nSPS) is 19.9. The number of morpholine rings is 1. The van der Waals surface area contributed by atoms with Gasteiger partial charge in [-0.25, -0.2) is 0 Å². The molecule has 1 aromatic carbocycles. The summed E-state index contributed by atoms with van der Waals surface area (Å²) in [4.78, 5) is 0. The van der Waals surface area contributed by atoms with Crippen LogP contribution in [0.25, 0.3) is 0 Å². The van der Waals surface area contributed by atoms with Crippen molar-refractivity contribution < 1.29 is 14.6 Å². The first kappa shape index (κ1) is 13.1. The number of phenolic OH excluding ortho intramolecular Hbond substituents is 1. The van der Waals surface area contributed by atoms with Gasteiger partial charge in [0.2, 0.25) is 0 Å². The minimum absolute atomic E-state index is 0. The molecule has 0 radical (unpaired) electrons. The number of phenols is 1. The number of halogens is 1. The number of ether oxygens (including phenoxy) is 2. The first-order valence-electron chi connectivity index (χ1n) is 5.00. The Morgan fingerprint density at radius 1 is 1.50 bits per heavy atom. The Balaban J connectivity index is 0.00000128. The number of aromatic hydroxyl groups is 1. The molecule has 0 aliphatic carbocycles. The number of benzene rings is 1. The van der Waals surface area contributed by atoms with Crippen molar-refractivity contribution in [2.24, 2.45) is 0 Å². The lowest BCUT2D eigenvalue weighted by atomic mass is 10.0. The molecule has 1 aromatic rings. The van der Waals surface area contributed by atoms with Gasteiger partial charge in [0.15, 0.2) is 0 Å². The zero-order chi connectivity index (χ0) is 10.7. The van der Waals surface area contributed by atoms with E-state index >= 15 is 0 Å². The van der Waals surface area contributed by atoms with Gasteiger partial charge in [0, 0.05) is 6.54 Å². The van der Waals surface area contributed by atoms with Crippen molar-refractivity contribution in [1.82, 2.24) is 5.32 Å². The van der Waals surface area contributed by atoms with Crippen LogP contribution in [0, 0.1) is 0 Å². The van der Waals surface area contributed by atoms with Crippen molar-refractivity contribution in [1.29, 1.82) is 0 Å². The summed E-state index contributed by atoms with van der Waals surface area (Å²) in [7, 11) is 1.60. The summed E-state index contributed by atoms with van der Waals surface area (Å²) < 4.78 is 10.6. The molecule has 5 heteroatoms. The molecule has 90 valence electrons. The predicted octanol–water partition coefficient (Wildman–Crippen LogP) is 1.48. The van der Waals surface area contributed by atoms with Gasteiger partial charge in [-0.15, -0.1) is 12.4 Å². The summed E-state index contributed by atoms with van der Waals surface area (Å²) in [6.07, 6.45) is 0. The molecule has 0 unspecified atom stereocenters. The van der Waals surface area contributed by atoms with Gasteiger partial charge < -0.3 is 19.9 Å². The molecule has 1 aliphatic heterocycles. The molecule has 1 atom stereocenters. The Morgan fingerprint density at radius 2 is 2.31 bits per heavy atom. The Bertz CT molecular complexity index is 340. The molecule has 1 heterocycles. The SMILES string of the molecule is COc1cccc(O)c1[C@H]1COCCN1.Cl. The number of nitrogens with one attached hydrogen (secondary N) is 1. The van der Waals surface area contributed by atoms with Crippen molar-refractivity contribution >= 4 is 12.4 Å². The third-order valence-electron chi connectivity index (χ3n) is 2.53. The largest absolute Gasteiger partial charge is 0.507 e. The van der Waals surface area contributed by atoms with E-state index in [1.54, 1.807) is 19.2 Å². The molecule has 2 rings (SSSR count). The van der Waals surface area contributed by atoms with Crippen LogP contribution in [-0.4, -0.2) is 32.0 Å². The first-order chi connectivity index (χ1) is 7.33. The van der Waals surface area contributed by atoms with Gasteiger partial charge in [0.1, 0.15) is 11.5 Å². The van der Waals surface area contributed by atoms with E-state index < -0.39 is 0 Å². The summed E-state index contributed by atoms with van der Waals surface area (Å²) in [5.74, 6) is 0.940. The Hall–Kier alpha value is -0.970. The second kappa shape index (κ2) is 5.94. The molecule has 0 amide bonds. The van der Waals surface area contributed by atoms with E-state index in [-0.39, 0.29) is 24.2 Å². The van der Waals surface area contributed by atoms with Gasteiger partial charge in [0.05, 0.1) is 31.9 Å². The molecule has 16 heavy (non-hydrogen) atoms. The Morgan fingerprint density at radius 3 is 2.94 bits per heavy atom. The lowest BCUT2D eigenvalue weighted by Gasteiger charge is -2.26. The molecule has 0 saturated carbocycles. The summed E-state index contributed by atoms with van der Waals surface area (Å²) in [5, 5.41) is 13.1. The van der Waals surface area contributed by atoms with Crippen LogP contribution in [0.15, 0.2) is 18.2 Å². The number of methoxy groups -OCH3 is 1. The van der Waals surface area contributed by atoms with E-state index in [0.29, 0.717) is 19.0 Å². The molecule has 0 spiro atoms. The van der Waals surface area contributed by atoms with Crippen molar-refractivity contribution in [3.8, 4) is 11.5 Å². The molecule has 1 aliphatic rings. The number of hydrogen-bond acceptors (Lipinski definition) is 4. The van der Waals surface area contributed by atoms with Crippen LogP contribution in [0.3, 0.4) is 0 Å². The van der Waals surface area contributed by atoms with Crippen molar-refractivity contribution in [3.05, 3.63) is 23.8 Å². The molecular formula is C11H16ClNO3. The van der Waals surface area contributed by atoms with Crippen LogP contribution >= 0.6 is 12.4 Å². The fourth-order valence-electron chi connectivity index (χ4n) is 1.81. The fraction of sp³-hybridized carbons (Fsp3) is 0.455. The first-order valence-corrected chi connectivity index (χ1v) is 5.00. The van der Waals surface area contributed by atoms with E-state index in [4.69, 9.17) is 9.47 Å². The third-order valence-corrected chi connectivity index (χ3v) is 2.53. The second-order valence-corrected chi connectivity index (χ2v) is 3.47. The maximum atomic E-state index is 9.80. The molecule has 2 N–H and O–H groups in total. The fourth-order valence-corrected chi connectivity index (χ4v) is 1.81. The van der Waals surface area contributed by atoms with Gasteiger partial charge in [-0.1, -0.05) is 6.07 Å². The van der Waals surface area contributed by atoms with Crippen molar-refractivity contribution in [2.75, 3.05) is 26.9 Å². The molecular weight excluding hydrogens is 230 g/mol. The lowest BCUT2D eigenvalue weighted by molar-refractivity contribution is 0.0752. The molecule has 0 bridgehead atoms. The molecule has 4 nitrogen and oxygen atoms in total. The van der Waals surface area contributed by atoms with E-state index in [1.165, 1.54) is 0 Å². The quantitative estimate of drug-likeness (QED) is 0.829. The van der Waals surface area contributed by atoms with Crippen LogP contribution in [0.1, 0.15) is 11.6 Å². The van der Waals surface area contributed by atoms with Gasteiger partial charge in [-0.05, 0) is 12.1 Å². The zero-order valence-corrected chi connectivity index (χ0v) is 9.92. The molecule has 0 aromatic heterocycles. The smallest absolute Gasteiger partial charge is 0.127 e. The van der Waals surface area contributed by atoms with Gasteiger partial charge in [-0.3, -0.25) is 0 Å². The summed E-state index contributed by atoms with van der Waals surface area (Å²) in [6.45, 7) is 2.07. The van der Waals surface area contributed by atoms with Crippen molar-refractivity contribution in [2.45, 2.75) is 6.04 Å². The van der Waals surface area contributed by atoms with Crippen LogP contribution in [0.5, 0.6) is 11.5 Å². The van der Waals surface area contributed by atoms with Crippen LogP contribution in [0.4, 0.5) is 0 Å². The molecule has 1 fully saturated rings. The van der Waals surface area contributed by atoms with Crippen molar-refractivity contribution in [3.63, 3.8) is 0 Å². The maximum Gasteiger partial charge on any atom is 0.127 e. The van der Waals surface area contributed by atoms with E-state index in [1.807, 2.05) is 6.07 Å². The average molecular weight is 246 g/mol. The predicted molar refractivity (Wildman–Crippen MR) is 63.5 cm³/mol. The topological polar surface area (TPSA) is 50.7 Å². The second-order valence-electron chi connectivity index (χ2n) is 3.47. The Kier molecular flexibility index (Phi) is 4.86. The number of rotatable bonds is 2. The summed E-state index contributed by atoms with van der Waals surface area (Å²) in [5.41, 5.74) is 0.778. The van der Waals surface area contributed by atoms with E-state index in [9.17, 15) is 5.11 Å². The zero-order valence-electron chi connectivity index (χ0n) is 9.10. The van der Waals surface area contributed by atoms with Gasteiger partial charge in [0.25, 0.3) is 0 Å². The Labute approximate surface area is 101 Å². The minimum atomic E-state index is 0. The third kappa shape index (κ3) is 2.58. The molecule has 1 saturated heterocycles. The maximum absolute atomic E-state index is 9.80. The van der Waals surface area contributed by atoms with Crippen LogP contribution in [-0.2, 0) is 4.74 Å². The average Bonchev–Trinajstić information content (AvgIpc) is 2.29. The highest BCUT2D eigenvalue weighted by Gasteiger charge is 2.22. The highest BCUT2D eigenvalue weighted by atomic mass is 35.5. The monoisotopic (exact) mass is 245 g/mol. The minimum Gasteiger partial charge on any atom is -0.507 e. The highest BCUT2D eigenvalue weighted by molar-refractivity contribution is 5.85. The summed E-state index contributed by atoms with van der Waals surface area (Å²) >= 11 is 0. The van der Waals surface area contributed by atoms with Crippen LogP contribution < -0.4 is 10.1 Å². The number of hydrogen-bond donors (Lipinski definition) is 2. The van der Waals surface area contributed by atoms with E-state index in [0.717, 1.165) is 12.1 Å². The van der Waals surface area contributed by atoms with Gasteiger partial charge in [-0.2, -0.15) is 0 Å². The summed E-state index contributed by atoms with van der Waals surface area (Å²) in [6, 6.07) is 5.27.